The number of amides is 1. The molecule has 1 amide bonds. The summed E-state index contributed by atoms with van der Waals surface area (Å²) in [5.41, 5.74) is 3.05. The normalized spacial score (nSPS) is 23.8. The smallest absolute Gasteiger partial charge is 0.316 e. The van der Waals surface area contributed by atoms with Crippen LogP contribution in [-0.4, -0.2) is 38.3 Å². The molecule has 3 aromatic rings. The van der Waals surface area contributed by atoms with Crippen LogP contribution in [0.25, 0.3) is 0 Å². The van der Waals surface area contributed by atoms with Gasteiger partial charge in [0.15, 0.2) is 5.72 Å². The molecule has 7 heteroatoms. The van der Waals surface area contributed by atoms with E-state index in [2.05, 4.69) is 0 Å². The Morgan fingerprint density at radius 3 is 2.38 bits per heavy atom. The lowest BCUT2D eigenvalue weighted by Crippen LogP contribution is -2.48. The zero-order valence-corrected chi connectivity index (χ0v) is 18.9. The number of hydrogen-bond acceptors (Lipinski definition) is 4. The standard InChI is InChI=1S/C27H27N2O5/c1-18-6-10-20(11-7-18)27(34-23-15-14-22(30)16-23)25-5-3-2-4-24(25)26(31)28(27)17-19-8-12-21(13-9-19)29(32)33/h2-13,22-23,30H,14-17H2,1H3,(H,32,33)/q+1. The molecule has 0 spiro atoms. The maximum atomic E-state index is 13.8. The van der Waals surface area contributed by atoms with Crippen molar-refractivity contribution in [2.75, 3.05) is 0 Å². The van der Waals surface area contributed by atoms with Crippen LogP contribution in [0.3, 0.4) is 0 Å². The number of aryl methyl sites for hydroxylation is 1. The van der Waals surface area contributed by atoms with Crippen molar-refractivity contribution in [1.82, 2.24) is 4.90 Å². The lowest BCUT2D eigenvalue weighted by atomic mass is 9.92. The summed E-state index contributed by atoms with van der Waals surface area (Å²) < 4.78 is 6.85. The summed E-state index contributed by atoms with van der Waals surface area (Å²) in [4.78, 5) is 26.5. The summed E-state index contributed by atoms with van der Waals surface area (Å²) in [6, 6.07) is 22.0. The van der Waals surface area contributed by atoms with Gasteiger partial charge in [-0.15, -0.1) is 0 Å². The molecule has 1 aliphatic carbocycles. The molecule has 1 fully saturated rings. The number of ether oxygens (including phenoxy) is 1. The lowest BCUT2D eigenvalue weighted by Gasteiger charge is -2.41. The summed E-state index contributed by atoms with van der Waals surface area (Å²) in [5.74, 6) is -0.147. The molecule has 174 valence electrons. The van der Waals surface area contributed by atoms with Crippen molar-refractivity contribution in [1.29, 1.82) is 0 Å². The molecule has 3 unspecified atom stereocenters. The Morgan fingerprint density at radius 1 is 1.03 bits per heavy atom. The molecule has 0 saturated heterocycles. The van der Waals surface area contributed by atoms with E-state index < -0.39 is 11.8 Å². The SMILES string of the molecule is Cc1ccc(C2(OC3CCC(O)C3)c3ccccc3C(=O)N2Cc2ccc([N+](=O)O)cc2)cc1. The molecule has 0 radical (unpaired) electrons. The average molecular weight is 460 g/mol. The molecule has 2 N–H and O–H groups in total. The van der Waals surface area contributed by atoms with Crippen molar-refractivity contribution in [2.24, 2.45) is 0 Å². The van der Waals surface area contributed by atoms with Gasteiger partial charge in [0.1, 0.15) is 0 Å². The Hall–Kier alpha value is -3.55. The molecule has 2 aliphatic rings. The summed E-state index contributed by atoms with van der Waals surface area (Å²) in [6.45, 7) is 2.25. The first-order valence-electron chi connectivity index (χ1n) is 11.5. The average Bonchev–Trinajstić information content (AvgIpc) is 3.35. The second-order valence-electron chi connectivity index (χ2n) is 9.09. The van der Waals surface area contributed by atoms with Gasteiger partial charge in [0.2, 0.25) is 0 Å². The number of carbonyl (C=O) groups is 1. The number of carbonyl (C=O) groups excluding carboxylic acids is 1. The minimum Gasteiger partial charge on any atom is -0.393 e. The summed E-state index contributed by atoms with van der Waals surface area (Å²) >= 11 is 0. The molecular formula is C27H27N2O5+. The van der Waals surface area contributed by atoms with Crippen LogP contribution >= 0.6 is 0 Å². The summed E-state index contributed by atoms with van der Waals surface area (Å²) in [6.07, 6.45) is 1.27. The van der Waals surface area contributed by atoms with Crippen LogP contribution in [0.5, 0.6) is 0 Å². The maximum Gasteiger partial charge on any atom is 0.316 e. The quantitative estimate of drug-likeness (QED) is 0.527. The van der Waals surface area contributed by atoms with Crippen molar-refractivity contribution in [3.63, 3.8) is 0 Å². The van der Waals surface area contributed by atoms with E-state index in [1.165, 1.54) is 12.1 Å². The van der Waals surface area contributed by atoms with E-state index in [0.717, 1.165) is 22.3 Å². The molecule has 1 heterocycles. The van der Waals surface area contributed by atoms with Crippen LogP contribution in [-0.2, 0) is 17.0 Å². The third-order valence-corrected chi connectivity index (χ3v) is 6.78. The minimum atomic E-state index is -1.16. The number of aliphatic hydroxyl groups is 1. The van der Waals surface area contributed by atoms with Gasteiger partial charge in [-0.2, -0.15) is 0 Å². The van der Waals surface area contributed by atoms with Crippen molar-refractivity contribution < 1.29 is 24.8 Å². The predicted molar refractivity (Wildman–Crippen MR) is 125 cm³/mol. The largest absolute Gasteiger partial charge is 0.393 e. The van der Waals surface area contributed by atoms with Gasteiger partial charge in [-0.3, -0.25) is 9.69 Å². The van der Waals surface area contributed by atoms with E-state index in [9.17, 15) is 14.8 Å². The molecule has 3 atom stereocenters. The van der Waals surface area contributed by atoms with Crippen LogP contribution in [0.1, 0.15) is 51.9 Å². The second kappa shape index (κ2) is 8.66. The Morgan fingerprint density at radius 2 is 1.74 bits per heavy atom. The van der Waals surface area contributed by atoms with Gasteiger partial charge < -0.3 is 9.84 Å². The monoisotopic (exact) mass is 459 g/mol. The highest BCUT2D eigenvalue weighted by atomic mass is 16.6. The van der Waals surface area contributed by atoms with Gasteiger partial charge in [0.25, 0.3) is 10.8 Å². The molecule has 0 bridgehead atoms. The zero-order chi connectivity index (χ0) is 23.9. The third-order valence-electron chi connectivity index (χ3n) is 6.78. The first-order valence-corrected chi connectivity index (χ1v) is 11.5. The topological polar surface area (TPSA) is 90.1 Å². The van der Waals surface area contributed by atoms with Crippen molar-refractivity contribution >= 4 is 11.6 Å². The predicted octanol–water partition coefficient (Wildman–Crippen LogP) is 4.58. The zero-order valence-electron chi connectivity index (χ0n) is 18.9. The van der Waals surface area contributed by atoms with Crippen LogP contribution in [0, 0.1) is 11.8 Å². The number of aliphatic hydroxyl groups excluding tert-OH is 1. The Kier molecular flexibility index (Phi) is 5.67. The third kappa shape index (κ3) is 3.77. The Balaban J connectivity index is 1.64. The molecular weight excluding hydrogens is 432 g/mol. The molecule has 7 nitrogen and oxygen atoms in total. The highest BCUT2D eigenvalue weighted by Crippen LogP contribution is 2.48. The molecule has 3 aromatic carbocycles. The highest BCUT2D eigenvalue weighted by molar-refractivity contribution is 6.00. The first-order chi connectivity index (χ1) is 16.4. The first kappa shape index (κ1) is 22.3. The van der Waals surface area contributed by atoms with Crippen molar-refractivity contribution in [3.05, 3.63) is 106 Å². The summed E-state index contributed by atoms with van der Waals surface area (Å²) in [5, 5.41) is 19.3. The molecule has 1 aliphatic heterocycles. The van der Waals surface area contributed by atoms with Gasteiger partial charge in [0, 0.05) is 35.4 Å². The van der Waals surface area contributed by atoms with Crippen LogP contribution in [0.2, 0.25) is 0 Å². The second-order valence-corrected chi connectivity index (χ2v) is 9.09. The van der Waals surface area contributed by atoms with Gasteiger partial charge in [0.05, 0.1) is 17.1 Å². The van der Waals surface area contributed by atoms with Gasteiger partial charge in [-0.1, -0.05) is 60.2 Å². The lowest BCUT2D eigenvalue weighted by molar-refractivity contribution is -0.729. The number of fused-ring (bicyclic) bond motifs is 1. The van der Waals surface area contributed by atoms with E-state index in [1.54, 1.807) is 17.0 Å². The van der Waals surface area contributed by atoms with Crippen LogP contribution < -0.4 is 0 Å². The maximum absolute atomic E-state index is 13.8. The van der Waals surface area contributed by atoms with Crippen molar-refractivity contribution in [2.45, 2.75) is 50.7 Å². The van der Waals surface area contributed by atoms with Gasteiger partial charge in [-0.05, 0) is 37.8 Å². The number of nitrogens with zero attached hydrogens (tertiary/aromatic N) is 2. The number of benzene rings is 3. The van der Waals surface area contributed by atoms with E-state index in [4.69, 9.17) is 9.94 Å². The van der Waals surface area contributed by atoms with Gasteiger partial charge in [-0.25, -0.2) is 5.21 Å². The minimum absolute atomic E-state index is 0.112. The fourth-order valence-corrected chi connectivity index (χ4v) is 5.05. The molecule has 1 saturated carbocycles. The van der Waals surface area contributed by atoms with Crippen LogP contribution in [0.4, 0.5) is 5.69 Å². The summed E-state index contributed by atoms with van der Waals surface area (Å²) in [7, 11) is 0. The van der Waals surface area contributed by atoms with Crippen LogP contribution in [0.15, 0.2) is 72.8 Å². The van der Waals surface area contributed by atoms with Crippen molar-refractivity contribution in [3.8, 4) is 0 Å². The highest BCUT2D eigenvalue weighted by Gasteiger charge is 2.53. The number of hydrogen-bond donors (Lipinski definition) is 2. The van der Waals surface area contributed by atoms with E-state index in [0.29, 0.717) is 24.8 Å². The van der Waals surface area contributed by atoms with Gasteiger partial charge >= 0.3 is 5.69 Å². The molecule has 5 rings (SSSR count). The Bertz CT molecular complexity index is 1220. The van der Waals surface area contributed by atoms with E-state index >= 15 is 0 Å². The fraction of sp³-hybridized carbons (Fsp3) is 0.296. The number of rotatable bonds is 6. The molecule has 0 aromatic heterocycles. The fourth-order valence-electron chi connectivity index (χ4n) is 5.05. The Labute approximate surface area is 197 Å². The van der Waals surface area contributed by atoms with E-state index in [-0.39, 0.29) is 29.2 Å². The molecule has 34 heavy (non-hydrogen) atoms. The van der Waals surface area contributed by atoms with E-state index in [1.807, 2.05) is 55.5 Å².